The van der Waals surface area contributed by atoms with Crippen molar-refractivity contribution in [2.24, 2.45) is 12.5 Å². The Balaban J connectivity index is 1.26. The number of halogens is 2. The van der Waals surface area contributed by atoms with Crippen molar-refractivity contribution in [1.82, 2.24) is 39.1 Å². The summed E-state index contributed by atoms with van der Waals surface area (Å²) in [6.45, 7) is 2.11. The normalized spacial score (nSPS) is 17.6. The topological polar surface area (TPSA) is 117 Å². The van der Waals surface area contributed by atoms with Crippen molar-refractivity contribution in [3.05, 3.63) is 67.0 Å². The van der Waals surface area contributed by atoms with E-state index in [4.69, 9.17) is 9.47 Å². The number of rotatable bonds is 9. The van der Waals surface area contributed by atoms with Gasteiger partial charge in [-0.2, -0.15) is 24.1 Å². The number of nitrogens with one attached hydrogen (secondary N) is 1. The zero-order chi connectivity index (χ0) is 30.8. The number of benzene rings is 1. The molecule has 1 saturated heterocycles. The zero-order valence-electron chi connectivity index (χ0n) is 24.7. The molecule has 0 spiro atoms. The average molecular weight is 606 g/mol. The first-order valence-electron chi connectivity index (χ1n) is 14.3. The molecule has 0 bridgehead atoms. The maximum Gasteiger partial charge on any atom is 0.387 e. The van der Waals surface area contributed by atoms with E-state index in [0.29, 0.717) is 17.1 Å². The van der Waals surface area contributed by atoms with Gasteiger partial charge in [0.15, 0.2) is 11.4 Å². The van der Waals surface area contributed by atoms with Gasteiger partial charge in [0.25, 0.3) is 5.91 Å². The lowest BCUT2D eigenvalue weighted by atomic mass is 9.83. The second kappa shape index (κ2) is 12.0. The smallest absolute Gasteiger partial charge is 0.387 e. The Morgan fingerprint density at radius 2 is 1.98 bits per heavy atom. The summed E-state index contributed by atoms with van der Waals surface area (Å²) in [6.07, 6.45) is 13.0. The van der Waals surface area contributed by atoms with Gasteiger partial charge in [-0.3, -0.25) is 14.2 Å². The van der Waals surface area contributed by atoms with Crippen molar-refractivity contribution in [1.29, 1.82) is 0 Å². The molecule has 1 fully saturated rings. The van der Waals surface area contributed by atoms with Crippen LogP contribution >= 0.6 is 0 Å². The fourth-order valence-corrected chi connectivity index (χ4v) is 5.55. The van der Waals surface area contributed by atoms with E-state index in [1.807, 2.05) is 10.9 Å². The molecule has 1 aliphatic rings. The Kier molecular flexibility index (Phi) is 7.99. The van der Waals surface area contributed by atoms with Gasteiger partial charge >= 0.3 is 6.61 Å². The number of carbonyl (C=O) groups is 1. The van der Waals surface area contributed by atoms with Crippen LogP contribution in [-0.2, 0) is 13.6 Å². The van der Waals surface area contributed by atoms with E-state index in [2.05, 4.69) is 44.5 Å². The highest BCUT2D eigenvalue weighted by atomic mass is 19.3. The molecule has 0 radical (unpaired) electrons. The number of hydrogen-bond donors (Lipinski definition) is 1. The summed E-state index contributed by atoms with van der Waals surface area (Å²) in [6, 6.07) is 6.17. The van der Waals surface area contributed by atoms with Crippen molar-refractivity contribution >= 4 is 17.2 Å². The minimum absolute atomic E-state index is 0.120. The van der Waals surface area contributed by atoms with Gasteiger partial charge in [0, 0.05) is 32.2 Å². The van der Waals surface area contributed by atoms with E-state index in [0.717, 1.165) is 38.9 Å². The van der Waals surface area contributed by atoms with Gasteiger partial charge in [0.05, 0.1) is 29.8 Å². The Labute approximate surface area is 252 Å². The van der Waals surface area contributed by atoms with E-state index in [9.17, 15) is 13.6 Å². The predicted molar refractivity (Wildman–Crippen MR) is 158 cm³/mol. The molecule has 44 heavy (non-hydrogen) atoms. The molecular formula is C30H33F2N9O3. The quantitative estimate of drug-likeness (QED) is 0.247. The van der Waals surface area contributed by atoms with Gasteiger partial charge in [-0.1, -0.05) is 6.92 Å². The molecule has 4 aromatic heterocycles. The summed E-state index contributed by atoms with van der Waals surface area (Å²) in [5.74, 6) is 0.250. The number of anilines is 1. The van der Waals surface area contributed by atoms with Crippen LogP contribution < -0.4 is 14.8 Å². The maximum atomic E-state index is 13.4. The molecule has 1 N–H and O–H groups in total. The van der Waals surface area contributed by atoms with E-state index in [-0.39, 0.29) is 33.7 Å². The van der Waals surface area contributed by atoms with Crippen molar-refractivity contribution in [2.45, 2.75) is 39.3 Å². The van der Waals surface area contributed by atoms with Crippen LogP contribution in [0, 0.1) is 5.41 Å². The Morgan fingerprint density at radius 3 is 2.82 bits per heavy atom. The summed E-state index contributed by atoms with van der Waals surface area (Å²) < 4.78 is 42.6. The monoisotopic (exact) mass is 605 g/mol. The first-order valence-corrected chi connectivity index (χ1v) is 14.3. The second-order valence-corrected chi connectivity index (χ2v) is 11.4. The molecule has 5 heterocycles. The van der Waals surface area contributed by atoms with Gasteiger partial charge in [0.1, 0.15) is 22.8 Å². The van der Waals surface area contributed by atoms with Crippen molar-refractivity contribution in [3.8, 4) is 28.5 Å². The lowest BCUT2D eigenvalue weighted by Crippen LogP contribution is -2.26. The van der Waals surface area contributed by atoms with Crippen LogP contribution in [0.2, 0.25) is 0 Å². The minimum Gasteiger partial charge on any atom is -0.454 e. The Bertz CT molecular complexity index is 1780. The van der Waals surface area contributed by atoms with E-state index in [1.165, 1.54) is 27.5 Å². The molecule has 1 atom stereocenters. The lowest BCUT2D eigenvalue weighted by molar-refractivity contribution is -0.0494. The highest BCUT2D eigenvalue weighted by Gasteiger charge is 2.28. The highest BCUT2D eigenvalue weighted by Crippen LogP contribution is 2.39. The van der Waals surface area contributed by atoms with Crippen LogP contribution in [0.1, 0.15) is 36.5 Å². The molecule has 1 unspecified atom stereocenters. The van der Waals surface area contributed by atoms with Crippen molar-refractivity contribution in [3.63, 3.8) is 0 Å². The summed E-state index contributed by atoms with van der Waals surface area (Å²) in [7, 11) is 3.81. The molecule has 12 nitrogen and oxygen atoms in total. The van der Waals surface area contributed by atoms with Gasteiger partial charge < -0.3 is 19.7 Å². The first-order chi connectivity index (χ1) is 21.2. The number of ether oxygens (including phenoxy) is 2. The molecule has 1 aliphatic heterocycles. The Morgan fingerprint density at radius 1 is 1.11 bits per heavy atom. The molecule has 1 amide bonds. The van der Waals surface area contributed by atoms with Gasteiger partial charge in [-0.25, -0.2) is 9.50 Å². The third-order valence-electron chi connectivity index (χ3n) is 7.83. The molecule has 0 saturated carbocycles. The molecule has 5 aromatic rings. The van der Waals surface area contributed by atoms with Crippen LogP contribution in [0.4, 0.5) is 14.5 Å². The predicted octanol–water partition coefficient (Wildman–Crippen LogP) is 5.09. The number of alkyl halides is 2. The van der Waals surface area contributed by atoms with E-state index < -0.39 is 12.5 Å². The summed E-state index contributed by atoms with van der Waals surface area (Å²) in [5, 5.41) is 15.9. The molecule has 14 heteroatoms. The van der Waals surface area contributed by atoms with Crippen LogP contribution in [-0.4, -0.2) is 71.7 Å². The van der Waals surface area contributed by atoms with Crippen LogP contribution in [0.5, 0.6) is 17.2 Å². The number of amides is 1. The SMILES string of the molecule is CN1CCCC(C)(Cn2cc(Oc3ccc(OC(F)F)c(-c4nn(C)cc4NC(=O)c4cnn5cccnc45)c3)cn2)CC1. The summed E-state index contributed by atoms with van der Waals surface area (Å²) in [4.78, 5) is 19.8. The standard InChI is InChI=1S/C30H33F2N9O3/c1-30(8-4-11-38(2)13-9-30)19-40-17-21(15-34-40)43-20-6-7-25(44-29(31)32)22(14-20)26-24(18-39(3)37-26)36-28(42)23-16-35-41-12-5-10-33-27(23)41/h5-7,10,12,14-18,29H,4,8-9,11,13,19H2,1-3H3,(H,36,42). The largest absolute Gasteiger partial charge is 0.454 e. The highest BCUT2D eigenvalue weighted by molar-refractivity contribution is 6.09. The molecule has 0 aliphatic carbocycles. The van der Waals surface area contributed by atoms with E-state index >= 15 is 0 Å². The number of aromatic nitrogens is 7. The van der Waals surface area contributed by atoms with Gasteiger partial charge in [-0.05, 0) is 69.1 Å². The van der Waals surface area contributed by atoms with Gasteiger partial charge in [0.2, 0.25) is 0 Å². The molecule has 6 rings (SSSR count). The van der Waals surface area contributed by atoms with E-state index in [1.54, 1.807) is 44.0 Å². The average Bonchev–Trinajstić information content (AvgIpc) is 3.68. The zero-order valence-corrected chi connectivity index (χ0v) is 24.7. The van der Waals surface area contributed by atoms with Crippen LogP contribution in [0.15, 0.2) is 61.4 Å². The van der Waals surface area contributed by atoms with Gasteiger partial charge in [-0.15, -0.1) is 0 Å². The number of aryl methyl sites for hydroxylation is 1. The number of carbonyl (C=O) groups excluding carboxylic acids is 1. The fourth-order valence-electron chi connectivity index (χ4n) is 5.55. The van der Waals surface area contributed by atoms with Crippen LogP contribution in [0.25, 0.3) is 16.9 Å². The molecule has 1 aromatic carbocycles. The molecule has 230 valence electrons. The summed E-state index contributed by atoms with van der Waals surface area (Å²) >= 11 is 0. The van der Waals surface area contributed by atoms with Crippen LogP contribution in [0.3, 0.4) is 0 Å². The number of likely N-dealkylation sites (tertiary alicyclic amines) is 1. The van der Waals surface area contributed by atoms with Crippen molar-refractivity contribution in [2.75, 3.05) is 25.5 Å². The van der Waals surface area contributed by atoms with Crippen molar-refractivity contribution < 1.29 is 23.0 Å². The lowest BCUT2D eigenvalue weighted by Gasteiger charge is -2.27. The number of nitrogens with zero attached hydrogens (tertiary/aromatic N) is 8. The maximum absolute atomic E-state index is 13.4. The number of hydrogen-bond acceptors (Lipinski definition) is 8. The third-order valence-corrected chi connectivity index (χ3v) is 7.83. The fraction of sp³-hybridized carbons (Fsp3) is 0.367. The first kappa shape index (κ1) is 29.2. The second-order valence-electron chi connectivity index (χ2n) is 11.4. The summed E-state index contributed by atoms with van der Waals surface area (Å²) in [5.41, 5.74) is 1.43. The minimum atomic E-state index is -3.07. The third kappa shape index (κ3) is 6.39. The number of fused-ring (bicyclic) bond motifs is 1. The molecular weight excluding hydrogens is 572 g/mol. The Hall–Kier alpha value is -4.85.